The van der Waals surface area contributed by atoms with E-state index in [2.05, 4.69) is 4.98 Å². The number of rotatable bonds is 3. The highest BCUT2D eigenvalue weighted by Crippen LogP contribution is 2.25. The molecule has 1 rings (SSSR count). The van der Waals surface area contributed by atoms with Crippen molar-refractivity contribution >= 4 is 5.97 Å². The van der Waals surface area contributed by atoms with Gasteiger partial charge in [0.15, 0.2) is 0 Å². The largest absolute Gasteiger partial charge is 0.481 e. The number of ether oxygens (including phenoxy) is 1. The molecule has 0 spiro atoms. The van der Waals surface area contributed by atoms with Gasteiger partial charge < -0.3 is 9.84 Å². The lowest BCUT2D eigenvalue weighted by Crippen LogP contribution is -2.06. The van der Waals surface area contributed by atoms with Crippen LogP contribution in [0, 0.1) is 6.92 Å². The molecule has 1 aromatic heterocycles. The Kier molecular flexibility index (Phi) is 3.18. The summed E-state index contributed by atoms with van der Waals surface area (Å²) < 4.78 is 29.4. The lowest BCUT2D eigenvalue weighted by Gasteiger charge is -2.09. The van der Waals surface area contributed by atoms with E-state index < -0.39 is 18.1 Å². The van der Waals surface area contributed by atoms with Gasteiger partial charge in [-0.25, -0.2) is 18.6 Å². The highest BCUT2D eigenvalue weighted by Gasteiger charge is 2.19. The predicted octanol–water partition coefficient (Wildman–Crippen LogP) is 2.03. The molecule has 0 aliphatic rings. The molecular formula is C9H9F2NO3. The van der Waals surface area contributed by atoms with E-state index >= 15 is 0 Å². The van der Waals surface area contributed by atoms with Crippen LogP contribution in [0.2, 0.25) is 0 Å². The molecular weight excluding hydrogens is 208 g/mol. The smallest absolute Gasteiger partial charge is 0.336 e. The number of aromatic carboxylic acids is 1. The van der Waals surface area contributed by atoms with Crippen molar-refractivity contribution in [3.63, 3.8) is 0 Å². The minimum atomic E-state index is -2.82. The third-order valence-corrected chi connectivity index (χ3v) is 1.90. The van der Waals surface area contributed by atoms with Crippen LogP contribution in [-0.2, 0) is 0 Å². The second kappa shape index (κ2) is 4.20. The lowest BCUT2D eigenvalue weighted by atomic mass is 10.1. The van der Waals surface area contributed by atoms with Crippen LogP contribution in [0.1, 0.15) is 28.0 Å². The third-order valence-electron chi connectivity index (χ3n) is 1.90. The SMILES string of the molecule is COc1nc(C(F)F)cc(C(=O)O)c1C. The normalized spacial score (nSPS) is 10.5. The number of carboxylic acids is 1. The molecule has 0 aliphatic carbocycles. The Hall–Kier alpha value is -1.72. The number of hydrogen-bond donors (Lipinski definition) is 1. The molecule has 0 aliphatic heterocycles. The number of carbonyl (C=O) groups is 1. The number of aromatic nitrogens is 1. The van der Waals surface area contributed by atoms with Crippen LogP contribution in [0.5, 0.6) is 5.88 Å². The Morgan fingerprint density at radius 3 is 2.60 bits per heavy atom. The maximum absolute atomic E-state index is 12.3. The Morgan fingerprint density at radius 1 is 1.60 bits per heavy atom. The maximum atomic E-state index is 12.3. The molecule has 0 radical (unpaired) electrons. The molecule has 4 nitrogen and oxygen atoms in total. The number of nitrogens with zero attached hydrogens (tertiary/aromatic N) is 1. The predicted molar refractivity (Wildman–Crippen MR) is 47.4 cm³/mol. The molecule has 0 fully saturated rings. The van der Waals surface area contributed by atoms with Crippen LogP contribution in [-0.4, -0.2) is 23.2 Å². The summed E-state index contributed by atoms with van der Waals surface area (Å²) in [5, 5.41) is 8.76. The molecule has 0 saturated carbocycles. The third kappa shape index (κ3) is 2.20. The van der Waals surface area contributed by atoms with Crippen molar-refractivity contribution in [1.29, 1.82) is 0 Å². The number of halogens is 2. The molecule has 6 heteroatoms. The second-order valence-corrected chi connectivity index (χ2v) is 2.83. The van der Waals surface area contributed by atoms with Crippen LogP contribution in [0.4, 0.5) is 8.78 Å². The average molecular weight is 217 g/mol. The van der Waals surface area contributed by atoms with Gasteiger partial charge in [-0.15, -0.1) is 0 Å². The summed E-state index contributed by atoms with van der Waals surface area (Å²) in [5.74, 6) is -1.37. The van der Waals surface area contributed by atoms with Crippen molar-refractivity contribution in [2.45, 2.75) is 13.3 Å². The molecule has 0 unspecified atom stereocenters. The maximum Gasteiger partial charge on any atom is 0.336 e. The summed E-state index contributed by atoms with van der Waals surface area (Å²) in [6.07, 6.45) is -2.82. The van der Waals surface area contributed by atoms with Crippen LogP contribution in [0.15, 0.2) is 6.07 Å². The Labute approximate surface area is 84.5 Å². The summed E-state index contributed by atoms with van der Waals surface area (Å²) in [6, 6.07) is 0.852. The van der Waals surface area contributed by atoms with Gasteiger partial charge in [-0.05, 0) is 13.0 Å². The van der Waals surface area contributed by atoms with Crippen molar-refractivity contribution in [2.75, 3.05) is 7.11 Å². The van der Waals surface area contributed by atoms with Gasteiger partial charge in [-0.2, -0.15) is 0 Å². The fraction of sp³-hybridized carbons (Fsp3) is 0.333. The molecule has 82 valence electrons. The minimum Gasteiger partial charge on any atom is -0.481 e. The van der Waals surface area contributed by atoms with Gasteiger partial charge in [-0.3, -0.25) is 0 Å². The number of alkyl halides is 2. The quantitative estimate of drug-likeness (QED) is 0.841. The van der Waals surface area contributed by atoms with Crippen molar-refractivity contribution < 1.29 is 23.4 Å². The van der Waals surface area contributed by atoms with Crippen molar-refractivity contribution in [2.24, 2.45) is 0 Å². The van der Waals surface area contributed by atoms with Gasteiger partial charge >= 0.3 is 5.97 Å². The second-order valence-electron chi connectivity index (χ2n) is 2.83. The first-order valence-corrected chi connectivity index (χ1v) is 4.04. The first kappa shape index (κ1) is 11.4. The summed E-state index contributed by atoms with van der Waals surface area (Å²) in [6.45, 7) is 1.45. The van der Waals surface area contributed by atoms with E-state index in [9.17, 15) is 13.6 Å². The summed E-state index contributed by atoms with van der Waals surface area (Å²) >= 11 is 0. The Balaban J connectivity index is 3.38. The molecule has 0 saturated heterocycles. The Bertz CT molecular complexity index is 393. The van der Waals surface area contributed by atoms with Crippen molar-refractivity contribution in [3.8, 4) is 5.88 Å². The zero-order valence-electron chi connectivity index (χ0n) is 8.12. The molecule has 0 atom stereocenters. The monoisotopic (exact) mass is 217 g/mol. The fourth-order valence-corrected chi connectivity index (χ4v) is 1.14. The lowest BCUT2D eigenvalue weighted by molar-refractivity contribution is 0.0694. The van der Waals surface area contributed by atoms with E-state index in [-0.39, 0.29) is 17.0 Å². The van der Waals surface area contributed by atoms with Gasteiger partial charge in [0.25, 0.3) is 6.43 Å². The van der Waals surface area contributed by atoms with E-state index in [4.69, 9.17) is 9.84 Å². The summed E-state index contributed by atoms with van der Waals surface area (Å²) in [4.78, 5) is 14.2. The Morgan fingerprint density at radius 2 is 2.20 bits per heavy atom. The minimum absolute atomic E-state index is 0.0924. The van der Waals surface area contributed by atoms with Crippen molar-refractivity contribution in [3.05, 3.63) is 22.9 Å². The highest BCUT2D eigenvalue weighted by atomic mass is 19.3. The van der Waals surface area contributed by atoms with Gasteiger partial charge in [0.2, 0.25) is 5.88 Å². The van der Waals surface area contributed by atoms with Gasteiger partial charge in [0, 0.05) is 5.56 Å². The number of hydrogen-bond acceptors (Lipinski definition) is 3. The molecule has 1 heterocycles. The molecule has 1 aromatic rings. The fourth-order valence-electron chi connectivity index (χ4n) is 1.14. The van der Waals surface area contributed by atoms with Crippen molar-refractivity contribution in [1.82, 2.24) is 4.98 Å². The van der Waals surface area contributed by atoms with E-state index in [0.717, 1.165) is 6.07 Å². The van der Waals surface area contributed by atoms with Crippen LogP contribution in [0.3, 0.4) is 0 Å². The first-order valence-electron chi connectivity index (χ1n) is 4.04. The van der Waals surface area contributed by atoms with Crippen LogP contribution in [0.25, 0.3) is 0 Å². The molecule has 1 N–H and O–H groups in total. The standard InChI is InChI=1S/C9H9F2NO3/c1-4-5(9(13)14)3-6(7(10)11)12-8(4)15-2/h3,7H,1-2H3,(H,13,14). The molecule has 15 heavy (non-hydrogen) atoms. The number of pyridine rings is 1. The van der Waals surface area contributed by atoms with Gasteiger partial charge in [-0.1, -0.05) is 0 Å². The zero-order valence-corrected chi connectivity index (χ0v) is 8.12. The molecule has 0 bridgehead atoms. The number of methoxy groups -OCH3 is 1. The van der Waals surface area contributed by atoms with Gasteiger partial charge in [0.1, 0.15) is 5.69 Å². The first-order chi connectivity index (χ1) is 6.97. The van der Waals surface area contributed by atoms with Gasteiger partial charge in [0.05, 0.1) is 12.7 Å². The molecule has 0 amide bonds. The highest BCUT2D eigenvalue weighted by molar-refractivity contribution is 5.90. The summed E-state index contributed by atoms with van der Waals surface area (Å²) in [5.41, 5.74) is -0.596. The molecule has 0 aromatic carbocycles. The zero-order chi connectivity index (χ0) is 11.6. The van der Waals surface area contributed by atoms with E-state index in [1.54, 1.807) is 0 Å². The van der Waals surface area contributed by atoms with Crippen LogP contribution >= 0.6 is 0 Å². The van der Waals surface area contributed by atoms with E-state index in [1.807, 2.05) is 0 Å². The van der Waals surface area contributed by atoms with Crippen LogP contribution < -0.4 is 4.74 Å². The average Bonchev–Trinajstić information content (AvgIpc) is 2.17. The van der Waals surface area contributed by atoms with E-state index in [1.165, 1.54) is 14.0 Å². The van der Waals surface area contributed by atoms with E-state index in [0.29, 0.717) is 0 Å². The summed E-state index contributed by atoms with van der Waals surface area (Å²) in [7, 11) is 1.25. The topological polar surface area (TPSA) is 59.4 Å². The number of carboxylic acid groups (broad SMARTS) is 1.